The van der Waals surface area contributed by atoms with Gasteiger partial charge >= 0.3 is 0 Å². The Labute approximate surface area is 210 Å². The van der Waals surface area contributed by atoms with E-state index in [1.165, 1.54) is 23.1 Å². The summed E-state index contributed by atoms with van der Waals surface area (Å²) < 4.78 is 8.16. The minimum atomic E-state index is -0.196. The summed E-state index contributed by atoms with van der Waals surface area (Å²) in [6.45, 7) is 4.04. The zero-order chi connectivity index (χ0) is 22.8. The number of benzene rings is 1. The fourth-order valence-corrected chi connectivity index (χ4v) is 5.29. The van der Waals surface area contributed by atoms with Crippen molar-refractivity contribution < 1.29 is 9.21 Å². The molecule has 166 valence electrons. The van der Waals surface area contributed by atoms with E-state index in [4.69, 9.17) is 27.6 Å². The average Bonchev–Trinajstić information content (AvgIpc) is 3.46. The Bertz CT molecular complexity index is 1270. The summed E-state index contributed by atoms with van der Waals surface area (Å²) in [6, 6.07) is 8.91. The van der Waals surface area contributed by atoms with Gasteiger partial charge in [0.25, 0.3) is 0 Å². The number of rotatable bonds is 7. The predicted octanol–water partition coefficient (Wildman–Crippen LogP) is 7.04. The first-order valence-corrected chi connectivity index (χ1v) is 12.8. The summed E-state index contributed by atoms with van der Waals surface area (Å²) >= 11 is 18.1. The molecule has 7 nitrogen and oxygen atoms in total. The summed E-state index contributed by atoms with van der Waals surface area (Å²) in [4.78, 5) is 17.0. The Kier molecular flexibility index (Phi) is 7.26. The molecule has 0 saturated carbocycles. The van der Waals surface area contributed by atoms with Crippen LogP contribution >= 0.6 is 62.2 Å². The van der Waals surface area contributed by atoms with E-state index in [1.807, 2.05) is 29.9 Å². The lowest BCUT2D eigenvalue weighted by Crippen LogP contribution is -2.15. The van der Waals surface area contributed by atoms with Gasteiger partial charge in [0.1, 0.15) is 0 Å². The van der Waals surface area contributed by atoms with Crippen LogP contribution in [0.2, 0.25) is 10.0 Å². The maximum absolute atomic E-state index is 12.5. The van der Waals surface area contributed by atoms with Crippen molar-refractivity contribution >= 4 is 73.3 Å². The van der Waals surface area contributed by atoms with E-state index < -0.39 is 0 Å². The summed E-state index contributed by atoms with van der Waals surface area (Å²) in [5.74, 6) is 1.17. The SMILES string of the molecule is CC(C)n1c(SCC(=O)Nc2nc(-c3ccc(Cl)cc3Cl)cs2)nnc1-c1ccc(Br)o1. The number of carbonyl (C=O) groups is 1. The second kappa shape index (κ2) is 9.96. The minimum Gasteiger partial charge on any atom is -0.446 e. The fraction of sp³-hybridized carbons (Fsp3) is 0.200. The summed E-state index contributed by atoms with van der Waals surface area (Å²) in [5.41, 5.74) is 1.43. The molecule has 0 saturated heterocycles. The Hall–Kier alpha value is -1.85. The maximum atomic E-state index is 12.5. The van der Waals surface area contributed by atoms with Crippen LogP contribution in [0.4, 0.5) is 5.13 Å². The Morgan fingerprint density at radius 3 is 2.78 bits per heavy atom. The zero-order valence-electron chi connectivity index (χ0n) is 16.8. The van der Waals surface area contributed by atoms with Crippen molar-refractivity contribution in [2.45, 2.75) is 25.0 Å². The van der Waals surface area contributed by atoms with E-state index in [1.54, 1.807) is 24.3 Å². The monoisotopic (exact) mass is 571 g/mol. The number of anilines is 1. The van der Waals surface area contributed by atoms with Gasteiger partial charge in [-0.25, -0.2) is 4.98 Å². The average molecular weight is 573 g/mol. The molecule has 4 aromatic rings. The molecule has 0 aliphatic carbocycles. The lowest BCUT2D eigenvalue weighted by molar-refractivity contribution is -0.113. The Morgan fingerprint density at radius 1 is 1.28 bits per heavy atom. The van der Waals surface area contributed by atoms with Crippen molar-refractivity contribution in [2.24, 2.45) is 0 Å². The second-order valence-electron chi connectivity index (χ2n) is 6.87. The van der Waals surface area contributed by atoms with Gasteiger partial charge in [-0.2, -0.15) is 0 Å². The van der Waals surface area contributed by atoms with E-state index in [0.717, 1.165) is 5.56 Å². The van der Waals surface area contributed by atoms with E-state index in [-0.39, 0.29) is 17.7 Å². The molecule has 0 radical (unpaired) electrons. The van der Waals surface area contributed by atoms with Crippen molar-refractivity contribution in [1.29, 1.82) is 0 Å². The second-order valence-corrected chi connectivity index (χ2v) is 10.3. The largest absolute Gasteiger partial charge is 0.446 e. The molecule has 0 spiro atoms. The molecule has 1 aromatic carbocycles. The molecular weight excluding hydrogens is 557 g/mol. The topological polar surface area (TPSA) is 85.8 Å². The van der Waals surface area contributed by atoms with Gasteiger partial charge in [-0.15, -0.1) is 21.5 Å². The quantitative estimate of drug-likeness (QED) is 0.239. The van der Waals surface area contributed by atoms with Crippen LogP contribution in [0.25, 0.3) is 22.8 Å². The highest BCUT2D eigenvalue weighted by molar-refractivity contribution is 9.10. The highest BCUT2D eigenvalue weighted by atomic mass is 79.9. The van der Waals surface area contributed by atoms with Gasteiger partial charge in [0.15, 0.2) is 20.7 Å². The highest BCUT2D eigenvalue weighted by Gasteiger charge is 2.20. The molecule has 0 atom stereocenters. The summed E-state index contributed by atoms with van der Waals surface area (Å²) in [6.07, 6.45) is 0. The molecule has 1 N–H and O–H groups in total. The molecule has 4 rings (SSSR count). The number of thiazole rings is 1. The van der Waals surface area contributed by atoms with Gasteiger partial charge in [0.2, 0.25) is 11.7 Å². The van der Waals surface area contributed by atoms with Gasteiger partial charge in [-0.1, -0.05) is 35.0 Å². The van der Waals surface area contributed by atoms with Crippen molar-refractivity contribution in [3.8, 4) is 22.8 Å². The van der Waals surface area contributed by atoms with Crippen LogP contribution in [0.5, 0.6) is 0 Å². The molecule has 3 aromatic heterocycles. The molecule has 1 amide bonds. The molecule has 3 heterocycles. The number of hydrogen-bond acceptors (Lipinski definition) is 7. The zero-order valence-corrected chi connectivity index (χ0v) is 21.5. The summed E-state index contributed by atoms with van der Waals surface area (Å²) in [5, 5.41) is 15.3. The van der Waals surface area contributed by atoms with E-state index in [0.29, 0.717) is 42.3 Å². The number of nitrogens with zero attached hydrogens (tertiary/aromatic N) is 4. The van der Waals surface area contributed by atoms with Crippen LogP contribution < -0.4 is 5.32 Å². The fourth-order valence-electron chi connectivity index (χ4n) is 2.88. The standard InChI is InChI=1S/C20H16BrCl2N5O2S2/c1-10(2)28-18(15-5-6-16(21)30-15)26-27-20(28)32-9-17(29)25-19-24-14(8-31-19)12-4-3-11(22)7-13(12)23/h3-8,10H,9H2,1-2H3,(H,24,25,29). The minimum absolute atomic E-state index is 0.0834. The normalized spacial score (nSPS) is 11.3. The number of carbonyl (C=O) groups excluding carboxylic acids is 1. The molecule has 0 aliphatic rings. The first-order chi connectivity index (χ1) is 15.3. The molecular formula is C20H16BrCl2N5O2S2. The highest BCUT2D eigenvalue weighted by Crippen LogP contribution is 2.33. The number of amides is 1. The lowest BCUT2D eigenvalue weighted by atomic mass is 10.2. The smallest absolute Gasteiger partial charge is 0.236 e. The molecule has 0 fully saturated rings. The number of hydrogen-bond donors (Lipinski definition) is 1. The van der Waals surface area contributed by atoms with Crippen LogP contribution in [-0.4, -0.2) is 31.4 Å². The summed E-state index contributed by atoms with van der Waals surface area (Å²) in [7, 11) is 0. The molecule has 0 bridgehead atoms. The lowest BCUT2D eigenvalue weighted by Gasteiger charge is -2.12. The van der Waals surface area contributed by atoms with Crippen LogP contribution in [0.3, 0.4) is 0 Å². The molecule has 32 heavy (non-hydrogen) atoms. The van der Waals surface area contributed by atoms with Crippen molar-refractivity contribution in [3.63, 3.8) is 0 Å². The van der Waals surface area contributed by atoms with Crippen LogP contribution in [0.1, 0.15) is 19.9 Å². The van der Waals surface area contributed by atoms with Crippen molar-refractivity contribution in [3.05, 3.63) is 50.4 Å². The third-order valence-corrected chi connectivity index (χ3v) is 6.94. The third-order valence-electron chi connectivity index (χ3n) is 4.26. The molecule has 12 heteroatoms. The van der Waals surface area contributed by atoms with Gasteiger partial charge in [0.05, 0.1) is 16.5 Å². The first kappa shape index (κ1) is 23.3. The maximum Gasteiger partial charge on any atom is 0.236 e. The Morgan fingerprint density at radius 2 is 2.09 bits per heavy atom. The third kappa shape index (κ3) is 5.20. The number of thioether (sulfide) groups is 1. The van der Waals surface area contributed by atoms with Crippen molar-refractivity contribution in [1.82, 2.24) is 19.7 Å². The van der Waals surface area contributed by atoms with Crippen LogP contribution in [-0.2, 0) is 4.79 Å². The van der Waals surface area contributed by atoms with E-state index >= 15 is 0 Å². The molecule has 0 aliphatic heterocycles. The Balaban J connectivity index is 1.43. The first-order valence-electron chi connectivity index (χ1n) is 9.36. The van der Waals surface area contributed by atoms with E-state index in [9.17, 15) is 4.79 Å². The van der Waals surface area contributed by atoms with Crippen molar-refractivity contribution in [2.75, 3.05) is 11.1 Å². The van der Waals surface area contributed by atoms with E-state index in [2.05, 4.69) is 36.4 Å². The number of nitrogens with one attached hydrogen (secondary N) is 1. The van der Waals surface area contributed by atoms with Gasteiger partial charge in [-0.3, -0.25) is 9.36 Å². The number of furan rings is 1. The van der Waals surface area contributed by atoms with Crippen LogP contribution in [0.15, 0.2) is 50.0 Å². The predicted molar refractivity (Wildman–Crippen MR) is 133 cm³/mol. The van der Waals surface area contributed by atoms with Crippen LogP contribution in [0, 0.1) is 0 Å². The molecule has 0 unspecified atom stereocenters. The van der Waals surface area contributed by atoms with Gasteiger partial charge < -0.3 is 9.73 Å². The number of halogens is 3. The van der Waals surface area contributed by atoms with Gasteiger partial charge in [0, 0.05) is 22.0 Å². The number of aromatic nitrogens is 4. The van der Waals surface area contributed by atoms with Gasteiger partial charge in [-0.05, 0) is 60.1 Å².